The molecule has 0 radical (unpaired) electrons. The van der Waals surface area contributed by atoms with Crippen LogP contribution < -0.4 is 5.32 Å². The van der Waals surface area contributed by atoms with E-state index >= 15 is 0 Å². The molecule has 3 heteroatoms. The van der Waals surface area contributed by atoms with Crippen molar-refractivity contribution in [1.82, 2.24) is 4.90 Å². The molecule has 2 rings (SSSR count). The van der Waals surface area contributed by atoms with E-state index < -0.39 is 0 Å². The molecule has 1 aromatic rings. The van der Waals surface area contributed by atoms with Gasteiger partial charge in [-0.1, -0.05) is 24.6 Å². The molecule has 1 heterocycles. The van der Waals surface area contributed by atoms with Crippen LogP contribution in [0.1, 0.15) is 26.7 Å². The Hall–Kier alpha value is -0.730. The third-order valence-electron chi connectivity index (χ3n) is 4.01. The van der Waals surface area contributed by atoms with Crippen LogP contribution >= 0.6 is 11.6 Å². The van der Waals surface area contributed by atoms with Crippen molar-refractivity contribution in [3.05, 3.63) is 29.3 Å². The van der Waals surface area contributed by atoms with E-state index in [0.29, 0.717) is 6.04 Å². The summed E-state index contributed by atoms with van der Waals surface area (Å²) in [5, 5.41) is 4.38. The van der Waals surface area contributed by atoms with Crippen molar-refractivity contribution in [2.45, 2.75) is 32.7 Å². The van der Waals surface area contributed by atoms with Gasteiger partial charge >= 0.3 is 0 Å². The first kappa shape index (κ1) is 13.7. The molecule has 0 bridgehead atoms. The van der Waals surface area contributed by atoms with Gasteiger partial charge in [0.2, 0.25) is 0 Å². The Bertz CT molecular complexity index is 373. The van der Waals surface area contributed by atoms with Crippen LogP contribution in [0.2, 0.25) is 5.02 Å². The standard InChI is InChI=1S/C15H23ClN2/c1-3-18-9-7-13(8-10-18)12(2)17-15-6-4-5-14(16)11-15/h4-6,11-13,17H,3,7-10H2,1-2H3. The summed E-state index contributed by atoms with van der Waals surface area (Å²) < 4.78 is 0. The zero-order chi connectivity index (χ0) is 13.0. The zero-order valence-electron chi connectivity index (χ0n) is 11.3. The lowest BCUT2D eigenvalue weighted by molar-refractivity contribution is 0.183. The summed E-state index contributed by atoms with van der Waals surface area (Å²) in [5.41, 5.74) is 1.13. The lowest BCUT2D eigenvalue weighted by Crippen LogP contribution is -2.39. The largest absolute Gasteiger partial charge is 0.382 e. The van der Waals surface area contributed by atoms with Gasteiger partial charge in [0.1, 0.15) is 0 Å². The lowest BCUT2D eigenvalue weighted by Gasteiger charge is -2.34. The van der Waals surface area contributed by atoms with Gasteiger partial charge in [-0.25, -0.2) is 0 Å². The van der Waals surface area contributed by atoms with Crippen LogP contribution in [0.5, 0.6) is 0 Å². The number of hydrogen-bond acceptors (Lipinski definition) is 2. The number of anilines is 1. The molecule has 1 aromatic carbocycles. The second-order valence-corrected chi connectivity index (χ2v) is 5.65. The molecule has 0 aliphatic carbocycles. The Kier molecular flexibility index (Phi) is 4.90. The van der Waals surface area contributed by atoms with Crippen LogP contribution in [0.25, 0.3) is 0 Å². The van der Waals surface area contributed by atoms with E-state index in [1.165, 1.54) is 32.5 Å². The highest BCUT2D eigenvalue weighted by Gasteiger charge is 2.22. The number of likely N-dealkylation sites (tertiary alicyclic amines) is 1. The summed E-state index contributed by atoms with van der Waals surface area (Å²) >= 11 is 6.01. The molecular formula is C15H23ClN2. The molecule has 1 unspecified atom stereocenters. The first-order valence-electron chi connectivity index (χ1n) is 6.93. The van der Waals surface area contributed by atoms with Crippen molar-refractivity contribution in [3.8, 4) is 0 Å². The van der Waals surface area contributed by atoms with Gasteiger partial charge in [0.25, 0.3) is 0 Å². The molecule has 18 heavy (non-hydrogen) atoms. The topological polar surface area (TPSA) is 15.3 Å². The average molecular weight is 267 g/mol. The van der Waals surface area contributed by atoms with Crippen LogP contribution in [0.3, 0.4) is 0 Å². The van der Waals surface area contributed by atoms with Gasteiger partial charge in [-0.05, 0) is 63.5 Å². The van der Waals surface area contributed by atoms with E-state index in [4.69, 9.17) is 11.6 Å². The minimum atomic E-state index is 0.516. The van der Waals surface area contributed by atoms with Crippen LogP contribution in [-0.4, -0.2) is 30.6 Å². The fourth-order valence-corrected chi connectivity index (χ4v) is 2.92. The van der Waals surface area contributed by atoms with E-state index in [1.54, 1.807) is 0 Å². The smallest absolute Gasteiger partial charge is 0.0426 e. The van der Waals surface area contributed by atoms with Crippen molar-refractivity contribution in [2.75, 3.05) is 25.0 Å². The van der Waals surface area contributed by atoms with E-state index in [0.717, 1.165) is 16.6 Å². The molecule has 1 N–H and O–H groups in total. The van der Waals surface area contributed by atoms with Gasteiger partial charge in [-0.3, -0.25) is 0 Å². The van der Waals surface area contributed by atoms with Gasteiger partial charge < -0.3 is 10.2 Å². The van der Waals surface area contributed by atoms with Crippen molar-refractivity contribution in [3.63, 3.8) is 0 Å². The molecule has 100 valence electrons. The van der Waals surface area contributed by atoms with Crippen molar-refractivity contribution >= 4 is 17.3 Å². The van der Waals surface area contributed by atoms with E-state index in [-0.39, 0.29) is 0 Å². The summed E-state index contributed by atoms with van der Waals surface area (Å²) in [5.74, 6) is 0.770. The summed E-state index contributed by atoms with van der Waals surface area (Å²) in [7, 11) is 0. The maximum Gasteiger partial charge on any atom is 0.0426 e. The molecule has 0 amide bonds. The van der Waals surface area contributed by atoms with Gasteiger partial charge in [-0.2, -0.15) is 0 Å². The molecule has 1 aliphatic heterocycles. The third-order valence-corrected chi connectivity index (χ3v) is 4.24. The highest BCUT2D eigenvalue weighted by atomic mass is 35.5. The van der Waals surface area contributed by atoms with E-state index in [1.807, 2.05) is 18.2 Å². The zero-order valence-corrected chi connectivity index (χ0v) is 12.1. The molecule has 1 saturated heterocycles. The van der Waals surface area contributed by atoms with E-state index in [9.17, 15) is 0 Å². The number of nitrogens with zero attached hydrogens (tertiary/aromatic N) is 1. The second kappa shape index (κ2) is 6.44. The number of halogens is 1. The molecule has 0 aromatic heterocycles. The van der Waals surface area contributed by atoms with Gasteiger partial charge in [0.05, 0.1) is 0 Å². The SMILES string of the molecule is CCN1CCC(C(C)Nc2cccc(Cl)c2)CC1. The predicted octanol–water partition coefficient (Wildman–Crippen LogP) is 3.87. The Morgan fingerprint density at radius 1 is 1.39 bits per heavy atom. The highest BCUT2D eigenvalue weighted by molar-refractivity contribution is 6.30. The number of rotatable bonds is 4. The first-order chi connectivity index (χ1) is 8.69. The van der Waals surface area contributed by atoms with Gasteiger partial charge in [0, 0.05) is 16.8 Å². The average Bonchev–Trinajstić information content (AvgIpc) is 2.39. The van der Waals surface area contributed by atoms with E-state index in [2.05, 4.69) is 30.1 Å². The highest BCUT2D eigenvalue weighted by Crippen LogP contribution is 2.24. The first-order valence-corrected chi connectivity index (χ1v) is 7.31. The van der Waals surface area contributed by atoms with Crippen LogP contribution in [0, 0.1) is 5.92 Å². The predicted molar refractivity (Wildman–Crippen MR) is 79.4 cm³/mol. The van der Waals surface area contributed by atoms with Crippen LogP contribution in [0.4, 0.5) is 5.69 Å². The Labute approximate surface area is 115 Å². The Morgan fingerprint density at radius 2 is 2.11 bits per heavy atom. The summed E-state index contributed by atoms with van der Waals surface area (Å²) in [6.45, 7) is 8.19. The molecule has 1 fully saturated rings. The van der Waals surface area contributed by atoms with Crippen molar-refractivity contribution in [2.24, 2.45) is 5.92 Å². The van der Waals surface area contributed by atoms with Crippen LogP contribution in [-0.2, 0) is 0 Å². The lowest BCUT2D eigenvalue weighted by atomic mass is 9.90. The Morgan fingerprint density at radius 3 is 2.72 bits per heavy atom. The van der Waals surface area contributed by atoms with Crippen molar-refractivity contribution < 1.29 is 0 Å². The van der Waals surface area contributed by atoms with Gasteiger partial charge in [0.15, 0.2) is 0 Å². The number of piperidine rings is 1. The molecular weight excluding hydrogens is 244 g/mol. The van der Waals surface area contributed by atoms with Gasteiger partial charge in [-0.15, -0.1) is 0 Å². The summed E-state index contributed by atoms with van der Waals surface area (Å²) in [6.07, 6.45) is 2.59. The quantitative estimate of drug-likeness (QED) is 0.890. The molecule has 0 spiro atoms. The molecule has 2 nitrogen and oxygen atoms in total. The molecule has 1 aliphatic rings. The minimum Gasteiger partial charge on any atom is -0.382 e. The number of nitrogens with one attached hydrogen (secondary N) is 1. The van der Waals surface area contributed by atoms with Crippen molar-refractivity contribution in [1.29, 1.82) is 0 Å². The maximum absolute atomic E-state index is 6.01. The number of benzene rings is 1. The fraction of sp³-hybridized carbons (Fsp3) is 0.600. The minimum absolute atomic E-state index is 0.516. The summed E-state index contributed by atoms with van der Waals surface area (Å²) in [6, 6.07) is 8.51. The normalized spacial score (nSPS) is 19.7. The fourth-order valence-electron chi connectivity index (χ4n) is 2.73. The second-order valence-electron chi connectivity index (χ2n) is 5.22. The number of hydrogen-bond donors (Lipinski definition) is 1. The summed E-state index contributed by atoms with van der Waals surface area (Å²) in [4.78, 5) is 2.53. The molecule has 1 atom stereocenters. The monoisotopic (exact) mass is 266 g/mol. The Balaban J connectivity index is 1.87. The van der Waals surface area contributed by atoms with Crippen LogP contribution in [0.15, 0.2) is 24.3 Å². The maximum atomic E-state index is 6.01. The third kappa shape index (κ3) is 3.63. The molecule has 0 saturated carbocycles.